The SMILES string of the molecule is CCCc1[nH]nc2c1C(c1ccc(-c3ccccc3)cc1)C(C#N)=C(N)O2. The summed E-state index contributed by atoms with van der Waals surface area (Å²) >= 11 is 0. The van der Waals surface area contributed by atoms with E-state index in [4.69, 9.17) is 10.5 Å². The van der Waals surface area contributed by atoms with Gasteiger partial charge in [0.15, 0.2) is 0 Å². The third-order valence-corrected chi connectivity index (χ3v) is 4.87. The lowest BCUT2D eigenvalue weighted by Crippen LogP contribution is -2.21. The molecule has 0 aliphatic carbocycles. The molecule has 1 aliphatic rings. The zero-order valence-corrected chi connectivity index (χ0v) is 15.1. The summed E-state index contributed by atoms with van der Waals surface area (Å²) in [5, 5.41) is 17.0. The fourth-order valence-electron chi connectivity index (χ4n) is 3.58. The Morgan fingerprint density at radius 1 is 1.11 bits per heavy atom. The molecule has 27 heavy (non-hydrogen) atoms. The van der Waals surface area contributed by atoms with E-state index in [9.17, 15) is 5.26 Å². The van der Waals surface area contributed by atoms with Gasteiger partial charge in [-0.25, -0.2) is 0 Å². The Balaban J connectivity index is 1.80. The number of fused-ring (bicyclic) bond motifs is 1. The summed E-state index contributed by atoms with van der Waals surface area (Å²) in [5.74, 6) is 0.313. The van der Waals surface area contributed by atoms with E-state index in [1.807, 2.05) is 18.2 Å². The standard InChI is InChI=1S/C22H20N4O/c1-2-6-18-20-19(17(13-23)21(24)27-22(20)26-25-18)16-11-9-15(10-12-16)14-7-4-3-5-8-14/h3-5,7-12,19H,2,6,24H2,1H3,(H,25,26). The van der Waals surface area contributed by atoms with Crippen LogP contribution in [0.4, 0.5) is 0 Å². The lowest BCUT2D eigenvalue weighted by Gasteiger charge is -2.24. The first-order chi connectivity index (χ1) is 13.2. The zero-order chi connectivity index (χ0) is 18.8. The average molecular weight is 356 g/mol. The van der Waals surface area contributed by atoms with Crippen molar-refractivity contribution in [2.75, 3.05) is 0 Å². The van der Waals surface area contributed by atoms with Crippen molar-refractivity contribution in [3.63, 3.8) is 0 Å². The van der Waals surface area contributed by atoms with Crippen molar-refractivity contribution >= 4 is 0 Å². The number of H-pyrrole nitrogens is 1. The van der Waals surface area contributed by atoms with Crippen molar-refractivity contribution in [3.05, 3.63) is 82.9 Å². The highest BCUT2D eigenvalue weighted by Crippen LogP contribution is 2.43. The van der Waals surface area contributed by atoms with Crippen molar-refractivity contribution in [1.29, 1.82) is 5.26 Å². The molecule has 4 rings (SSSR count). The Hall–Kier alpha value is -3.52. The van der Waals surface area contributed by atoms with Crippen LogP contribution in [-0.2, 0) is 6.42 Å². The number of hydrogen-bond acceptors (Lipinski definition) is 4. The van der Waals surface area contributed by atoms with Crippen LogP contribution in [0.1, 0.15) is 36.1 Å². The van der Waals surface area contributed by atoms with Crippen molar-refractivity contribution in [2.45, 2.75) is 25.7 Å². The maximum atomic E-state index is 9.71. The molecule has 5 nitrogen and oxygen atoms in total. The molecule has 0 saturated carbocycles. The minimum atomic E-state index is -0.274. The number of nitrogens with one attached hydrogen (secondary N) is 1. The van der Waals surface area contributed by atoms with Crippen LogP contribution in [0.3, 0.4) is 0 Å². The molecule has 0 bridgehead atoms. The van der Waals surface area contributed by atoms with Crippen LogP contribution in [0.5, 0.6) is 5.88 Å². The Morgan fingerprint density at radius 3 is 2.48 bits per heavy atom. The highest BCUT2D eigenvalue weighted by Gasteiger charge is 2.34. The third kappa shape index (κ3) is 2.96. The molecule has 0 amide bonds. The van der Waals surface area contributed by atoms with Gasteiger partial charge in [-0.3, -0.25) is 5.10 Å². The van der Waals surface area contributed by atoms with Gasteiger partial charge in [-0.2, -0.15) is 5.26 Å². The summed E-state index contributed by atoms with van der Waals surface area (Å²) in [7, 11) is 0. The number of hydrogen-bond donors (Lipinski definition) is 2. The minimum Gasteiger partial charge on any atom is -0.420 e. The van der Waals surface area contributed by atoms with Gasteiger partial charge in [-0.1, -0.05) is 67.9 Å². The van der Waals surface area contributed by atoms with Crippen LogP contribution in [0, 0.1) is 11.3 Å². The van der Waals surface area contributed by atoms with E-state index in [1.165, 1.54) is 0 Å². The van der Waals surface area contributed by atoms with Gasteiger partial charge < -0.3 is 10.5 Å². The summed E-state index contributed by atoms with van der Waals surface area (Å²) < 4.78 is 5.60. The van der Waals surface area contributed by atoms with Crippen molar-refractivity contribution in [2.24, 2.45) is 5.73 Å². The largest absolute Gasteiger partial charge is 0.420 e. The van der Waals surface area contributed by atoms with Gasteiger partial charge >= 0.3 is 0 Å². The second-order valence-electron chi connectivity index (χ2n) is 6.58. The molecular weight excluding hydrogens is 336 g/mol. The number of rotatable bonds is 4. The fraction of sp³-hybridized carbons (Fsp3) is 0.182. The van der Waals surface area contributed by atoms with Crippen molar-refractivity contribution < 1.29 is 4.74 Å². The van der Waals surface area contributed by atoms with Crippen molar-refractivity contribution in [1.82, 2.24) is 10.2 Å². The summed E-state index contributed by atoms with van der Waals surface area (Å²) in [6, 6.07) is 20.7. The Labute approximate surface area is 158 Å². The number of aromatic amines is 1. The van der Waals surface area contributed by atoms with Crippen LogP contribution in [-0.4, -0.2) is 10.2 Å². The van der Waals surface area contributed by atoms with Gasteiger partial charge in [-0.05, 0) is 23.1 Å². The number of nitrogens with two attached hydrogens (primary N) is 1. The first-order valence-corrected chi connectivity index (χ1v) is 9.03. The van der Waals surface area contributed by atoms with Gasteiger partial charge in [0, 0.05) is 11.3 Å². The Kier molecular flexibility index (Phi) is 4.39. The lowest BCUT2D eigenvalue weighted by molar-refractivity contribution is 0.378. The fourth-order valence-corrected chi connectivity index (χ4v) is 3.58. The van der Waals surface area contributed by atoms with Crippen molar-refractivity contribution in [3.8, 4) is 23.1 Å². The molecule has 1 atom stereocenters. The van der Waals surface area contributed by atoms with E-state index in [1.54, 1.807) is 0 Å². The quantitative estimate of drug-likeness (QED) is 0.731. The second-order valence-corrected chi connectivity index (χ2v) is 6.58. The molecule has 3 aromatic rings. The molecule has 5 heteroatoms. The number of nitrogens with zero attached hydrogens (tertiary/aromatic N) is 2. The molecule has 1 aromatic heterocycles. The highest BCUT2D eigenvalue weighted by atomic mass is 16.5. The molecule has 134 valence electrons. The first-order valence-electron chi connectivity index (χ1n) is 9.03. The molecule has 0 radical (unpaired) electrons. The van der Waals surface area contributed by atoms with E-state index in [0.29, 0.717) is 11.5 Å². The van der Waals surface area contributed by atoms with Crippen LogP contribution >= 0.6 is 0 Å². The number of ether oxygens (including phenoxy) is 1. The number of allylic oxidation sites excluding steroid dienone is 1. The third-order valence-electron chi connectivity index (χ3n) is 4.87. The first kappa shape index (κ1) is 16.9. The van der Waals surface area contributed by atoms with Crippen LogP contribution in [0.2, 0.25) is 0 Å². The smallest absolute Gasteiger partial charge is 0.244 e. The Morgan fingerprint density at radius 2 is 1.81 bits per heavy atom. The highest BCUT2D eigenvalue weighted by molar-refractivity contribution is 5.65. The molecule has 1 aliphatic heterocycles. The molecule has 0 fully saturated rings. The number of nitriles is 1. The topological polar surface area (TPSA) is 87.7 Å². The summed E-state index contributed by atoms with van der Waals surface area (Å²) in [5.41, 5.74) is 11.6. The van der Waals surface area contributed by atoms with E-state index < -0.39 is 0 Å². The number of benzene rings is 2. The van der Waals surface area contributed by atoms with Gasteiger partial charge in [0.1, 0.15) is 11.6 Å². The van der Waals surface area contributed by atoms with Crippen LogP contribution < -0.4 is 10.5 Å². The zero-order valence-electron chi connectivity index (χ0n) is 15.1. The van der Waals surface area contributed by atoms with Crippen LogP contribution in [0.15, 0.2) is 66.1 Å². The molecule has 0 spiro atoms. The monoisotopic (exact) mass is 356 g/mol. The summed E-state index contributed by atoms with van der Waals surface area (Å²) in [4.78, 5) is 0. The summed E-state index contributed by atoms with van der Waals surface area (Å²) in [6.07, 6.45) is 1.80. The van der Waals surface area contributed by atoms with E-state index in [2.05, 4.69) is 59.6 Å². The summed E-state index contributed by atoms with van der Waals surface area (Å²) in [6.45, 7) is 2.11. The number of aryl methyl sites for hydroxylation is 1. The molecule has 2 aromatic carbocycles. The molecule has 2 heterocycles. The Bertz CT molecular complexity index is 1030. The lowest BCUT2D eigenvalue weighted by atomic mass is 9.83. The van der Waals surface area contributed by atoms with Gasteiger partial charge in [0.25, 0.3) is 0 Å². The second kappa shape index (κ2) is 7.00. The van der Waals surface area contributed by atoms with Gasteiger partial charge in [-0.15, -0.1) is 5.10 Å². The molecule has 1 unspecified atom stereocenters. The van der Waals surface area contributed by atoms with Gasteiger partial charge in [0.05, 0.1) is 5.92 Å². The predicted octanol–water partition coefficient (Wildman–Crippen LogP) is 4.25. The predicted molar refractivity (Wildman–Crippen MR) is 104 cm³/mol. The minimum absolute atomic E-state index is 0.122. The van der Waals surface area contributed by atoms with E-state index in [-0.39, 0.29) is 11.8 Å². The van der Waals surface area contributed by atoms with E-state index >= 15 is 0 Å². The number of aromatic nitrogens is 2. The average Bonchev–Trinajstić information content (AvgIpc) is 3.10. The van der Waals surface area contributed by atoms with Crippen LogP contribution in [0.25, 0.3) is 11.1 Å². The molecule has 0 saturated heterocycles. The maximum Gasteiger partial charge on any atom is 0.244 e. The van der Waals surface area contributed by atoms with Gasteiger partial charge in [0.2, 0.25) is 11.8 Å². The van der Waals surface area contributed by atoms with E-state index in [0.717, 1.165) is 40.8 Å². The molecular formula is C22H20N4O. The molecule has 3 N–H and O–H groups in total. The normalized spacial score (nSPS) is 15.8. The maximum absolute atomic E-state index is 9.71.